The van der Waals surface area contributed by atoms with Gasteiger partial charge in [0.1, 0.15) is 19.8 Å². The summed E-state index contributed by atoms with van der Waals surface area (Å²) in [6.45, 7) is 6.01. The van der Waals surface area contributed by atoms with E-state index in [0.717, 1.165) is 21.0 Å². The molecule has 0 saturated heterocycles. The number of carbonyl (C=O) groups is 1. The molecule has 8 nitrogen and oxygen atoms in total. The molecule has 0 spiro atoms. The van der Waals surface area contributed by atoms with Crippen molar-refractivity contribution in [3.05, 3.63) is 83.4 Å². The largest absolute Gasteiger partial charge is 0.486 e. The van der Waals surface area contributed by atoms with E-state index in [1.54, 1.807) is 49.4 Å². The highest BCUT2D eigenvalue weighted by atomic mass is 32.2. The lowest BCUT2D eigenvalue weighted by atomic mass is 10.1. The van der Waals surface area contributed by atoms with E-state index in [9.17, 15) is 13.2 Å². The Kier molecular flexibility index (Phi) is 7.07. The Labute approximate surface area is 205 Å². The Morgan fingerprint density at radius 3 is 2.43 bits per heavy atom. The summed E-state index contributed by atoms with van der Waals surface area (Å²) in [5.74, 6) is 0.708. The number of anilines is 1. The van der Waals surface area contributed by atoms with Crippen LogP contribution in [0.25, 0.3) is 0 Å². The Morgan fingerprint density at radius 1 is 0.971 bits per heavy atom. The van der Waals surface area contributed by atoms with Crippen LogP contribution < -0.4 is 19.2 Å². The standard InChI is InChI=1S/C26H27N3O5S/c1-18-8-7-11-23(19(18)2)29(35(31,32)22-9-5-4-6-10-22)17-26(30)28-27-20(3)21-12-13-24-25(16-21)34-15-14-33-24/h4-13,16H,14-15,17H2,1-3H3,(H,28,30)/b27-20-. The number of amides is 1. The molecule has 182 valence electrons. The molecule has 9 heteroatoms. The van der Waals surface area contributed by atoms with Gasteiger partial charge >= 0.3 is 0 Å². The van der Waals surface area contributed by atoms with Gasteiger partial charge in [-0.1, -0.05) is 30.3 Å². The van der Waals surface area contributed by atoms with Crippen LogP contribution in [-0.4, -0.2) is 39.8 Å². The van der Waals surface area contributed by atoms with Crippen LogP contribution in [0.4, 0.5) is 5.69 Å². The number of benzene rings is 3. The lowest BCUT2D eigenvalue weighted by Crippen LogP contribution is -2.40. The molecule has 1 heterocycles. The highest BCUT2D eigenvalue weighted by Crippen LogP contribution is 2.31. The second kappa shape index (κ2) is 10.2. The SMILES string of the molecule is C/C(=N/NC(=O)CN(c1cccc(C)c1C)S(=O)(=O)c1ccccc1)c1ccc2c(c1)OCCO2. The molecule has 1 aliphatic heterocycles. The van der Waals surface area contributed by atoms with Gasteiger partial charge in [-0.05, 0) is 68.3 Å². The van der Waals surface area contributed by atoms with Gasteiger partial charge in [-0.2, -0.15) is 5.10 Å². The molecule has 35 heavy (non-hydrogen) atoms. The van der Waals surface area contributed by atoms with Crippen molar-refractivity contribution in [1.29, 1.82) is 0 Å². The van der Waals surface area contributed by atoms with Gasteiger partial charge < -0.3 is 9.47 Å². The highest BCUT2D eigenvalue weighted by molar-refractivity contribution is 7.92. The first-order chi connectivity index (χ1) is 16.8. The van der Waals surface area contributed by atoms with Crippen LogP contribution in [-0.2, 0) is 14.8 Å². The molecule has 3 aromatic rings. The number of hydrazone groups is 1. The van der Waals surface area contributed by atoms with Crippen molar-refractivity contribution in [2.45, 2.75) is 25.7 Å². The normalized spacial score (nSPS) is 13.3. The van der Waals surface area contributed by atoms with E-state index < -0.39 is 22.5 Å². The number of hydrogen-bond acceptors (Lipinski definition) is 6. The third-order valence-corrected chi connectivity index (χ3v) is 7.55. The van der Waals surface area contributed by atoms with Gasteiger partial charge in [0.2, 0.25) is 0 Å². The van der Waals surface area contributed by atoms with E-state index >= 15 is 0 Å². The number of carbonyl (C=O) groups excluding carboxylic acids is 1. The smallest absolute Gasteiger partial charge is 0.264 e. The first-order valence-electron chi connectivity index (χ1n) is 11.1. The maximum atomic E-state index is 13.5. The number of nitrogens with zero attached hydrogens (tertiary/aromatic N) is 2. The van der Waals surface area contributed by atoms with Crippen LogP contribution in [0.3, 0.4) is 0 Å². The Hall–Kier alpha value is -3.85. The second-order valence-electron chi connectivity index (χ2n) is 8.13. The van der Waals surface area contributed by atoms with Gasteiger partial charge in [-0.15, -0.1) is 0 Å². The van der Waals surface area contributed by atoms with Crippen LogP contribution in [0, 0.1) is 13.8 Å². The monoisotopic (exact) mass is 493 g/mol. The molecule has 0 unspecified atom stereocenters. The molecule has 1 N–H and O–H groups in total. The van der Waals surface area contributed by atoms with E-state index in [1.807, 2.05) is 26.0 Å². The van der Waals surface area contributed by atoms with Crippen molar-refractivity contribution in [2.75, 3.05) is 24.1 Å². The zero-order valence-corrected chi connectivity index (χ0v) is 20.6. The molecule has 0 aromatic heterocycles. The van der Waals surface area contributed by atoms with Crippen molar-refractivity contribution in [1.82, 2.24) is 5.43 Å². The van der Waals surface area contributed by atoms with Gasteiger partial charge in [0.25, 0.3) is 15.9 Å². The van der Waals surface area contributed by atoms with Crippen LogP contribution in [0.1, 0.15) is 23.6 Å². The van der Waals surface area contributed by atoms with Crippen molar-refractivity contribution in [3.63, 3.8) is 0 Å². The molecule has 1 aliphatic rings. The predicted molar refractivity (Wildman–Crippen MR) is 135 cm³/mol. The molecule has 3 aromatic carbocycles. The van der Waals surface area contributed by atoms with Gasteiger partial charge in [-0.3, -0.25) is 9.10 Å². The number of nitrogens with one attached hydrogen (secondary N) is 1. The third kappa shape index (κ3) is 5.30. The maximum absolute atomic E-state index is 13.5. The van der Waals surface area contributed by atoms with Crippen LogP contribution >= 0.6 is 0 Å². The second-order valence-corrected chi connectivity index (χ2v) is 10.00. The molecule has 0 fully saturated rings. The molecule has 0 bridgehead atoms. The van der Waals surface area contributed by atoms with Gasteiger partial charge in [0.15, 0.2) is 11.5 Å². The molecule has 0 radical (unpaired) electrons. The van der Waals surface area contributed by atoms with Crippen molar-refractivity contribution >= 4 is 27.3 Å². The van der Waals surface area contributed by atoms with E-state index in [-0.39, 0.29) is 4.90 Å². The lowest BCUT2D eigenvalue weighted by molar-refractivity contribution is -0.119. The van der Waals surface area contributed by atoms with E-state index in [1.165, 1.54) is 12.1 Å². The summed E-state index contributed by atoms with van der Waals surface area (Å²) >= 11 is 0. The summed E-state index contributed by atoms with van der Waals surface area (Å²) in [5.41, 5.74) is 5.91. The Morgan fingerprint density at radius 2 is 1.69 bits per heavy atom. The van der Waals surface area contributed by atoms with E-state index in [2.05, 4.69) is 10.5 Å². The summed E-state index contributed by atoms with van der Waals surface area (Å²) in [5, 5.41) is 4.18. The first-order valence-corrected chi connectivity index (χ1v) is 12.6. The fourth-order valence-corrected chi connectivity index (χ4v) is 5.17. The minimum Gasteiger partial charge on any atom is -0.486 e. The Bertz CT molecular complexity index is 1370. The molecule has 0 atom stereocenters. The number of hydrogen-bond donors (Lipinski definition) is 1. The molecule has 0 aliphatic carbocycles. The summed E-state index contributed by atoms with van der Waals surface area (Å²) in [6, 6.07) is 18.8. The molecule has 4 rings (SSSR count). The number of ether oxygens (including phenoxy) is 2. The number of sulfonamides is 1. The van der Waals surface area contributed by atoms with Gasteiger partial charge in [0.05, 0.1) is 16.3 Å². The summed E-state index contributed by atoms with van der Waals surface area (Å²) in [6.07, 6.45) is 0. The first kappa shape index (κ1) is 24.3. The van der Waals surface area contributed by atoms with Crippen LogP contribution in [0.15, 0.2) is 76.7 Å². The fourth-order valence-electron chi connectivity index (χ4n) is 3.67. The zero-order valence-electron chi connectivity index (χ0n) is 19.8. The van der Waals surface area contributed by atoms with Gasteiger partial charge in [0, 0.05) is 5.56 Å². The number of fused-ring (bicyclic) bond motifs is 1. The van der Waals surface area contributed by atoms with Crippen molar-refractivity contribution < 1.29 is 22.7 Å². The van der Waals surface area contributed by atoms with E-state index in [0.29, 0.717) is 36.1 Å². The minimum atomic E-state index is -4.00. The zero-order chi connectivity index (χ0) is 25.0. The third-order valence-electron chi connectivity index (χ3n) is 5.77. The predicted octanol–water partition coefficient (Wildman–Crippen LogP) is 3.81. The van der Waals surface area contributed by atoms with Crippen LogP contribution in [0.2, 0.25) is 0 Å². The highest BCUT2D eigenvalue weighted by Gasteiger charge is 2.28. The summed E-state index contributed by atoms with van der Waals surface area (Å²) in [7, 11) is -4.00. The Balaban J connectivity index is 1.58. The molecular formula is C26H27N3O5S. The maximum Gasteiger partial charge on any atom is 0.264 e. The average molecular weight is 494 g/mol. The van der Waals surface area contributed by atoms with Crippen molar-refractivity contribution in [2.24, 2.45) is 5.10 Å². The fraction of sp³-hybridized carbons (Fsp3) is 0.231. The van der Waals surface area contributed by atoms with Crippen LogP contribution in [0.5, 0.6) is 11.5 Å². The number of rotatable bonds is 7. The van der Waals surface area contributed by atoms with Gasteiger partial charge in [-0.25, -0.2) is 13.8 Å². The summed E-state index contributed by atoms with van der Waals surface area (Å²) in [4.78, 5) is 13.0. The van der Waals surface area contributed by atoms with E-state index in [4.69, 9.17) is 9.47 Å². The van der Waals surface area contributed by atoms with Crippen molar-refractivity contribution in [3.8, 4) is 11.5 Å². The summed E-state index contributed by atoms with van der Waals surface area (Å²) < 4.78 is 39.3. The molecule has 0 saturated carbocycles. The topological polar surface area (TPSA) is 97.3 Å². The number of aryl methyl sites for hydroxylation is 1. The average Bonchev–Trinajstić information content (AvgIpc) is 2.88. The minimum absolute atomic E-state index is 0.102. The molecule has 1 amide bonds. The quantitative estimate of drug-likeness (QED) is 0.399. The lowest BCUT2D eigenvalue weighted by Gasteiger charge is -2.26. The molecular weight excluding hydrogens is 466 g/mol.